The van der Waals surface area contributed by atoms with Crippen LogP contribution in [0.2, 0.25) is 0 Å². The number of nitrogens with one attached hydrogen (secondary N) is 1. The average molecular weight is 354 g/mol. The molecule has 1 N–H and O–H groups in total. The number of aromatic nitrogens is 3. The fourth-order valence-corrected chi connectivity index (χ4v) is 3.59. The first-order valence-corrected chi connectivity index (χ1v) is 9.55. The van der Waals surface area contributed by atoms with Gasteiger partial charge in [-0.05, 0) is 43.9 Å². The number of rotatable bonds is 4. The summed E-state index contributed by atoms with van der Waals surface area (Å²) in [5, 5.41) is 3.60. The highest BCUT2D eigenvalue weighted by Crippen LogP contribution is 2.32. The van der Waals surface area contributed by atoms with E-state index in [9.17, 15) is 0 Å². The van der Waals surface area contributed by atoms with Crippen LogP contribution in [0.4, 0.5) is 5.69 Å². The molecule has 134 valence electrons. The SMILES string of the molecule is Cc1cnc2nc(-c3ccc(NC4CCC4)cc3)c(-c3ccccc3)cn12. The smallest absolute Gasteiger partial charge is 0.234 e. The molecule has 0 bridgehead atoms. The molecule has 0 unspecified atom stereocenters. The molecule has 1 aliphatic carbocycles. The molecule has 1 fully saturated rings. The lowest BCUT2D eigenvalue weighted by atomic mass is 9.93. The van der Waals surface area contributed by atoms with Gasteiger partial charge in [0.05, 0.1) is 11.9 Å². The van der Waals surface area contributed by atoms with E-state index in [-0.39, 0.29) is 0 Å². The maximum Gasteiger partial charge on any atom is 0.234 e. The first-order chi connectivity index (χ1) is 13.3. The van der Waals surface area contributed by atoms with Crippen LogP contribution in [0.5, 0.6) is 0 Å². The van der Waals surface area contributed by atoms with E-state index >= 15 is 0 Å². The summed E-state index contributed by atoms with van der Waals surface area (Å²) < 4.78 is 2.05. The van der Waals surface area contributed by atoms with Gasteiger partial charge < -0.3 is 5.32 Å². The third kappa shape index (κ3) is 2.97. The largest absolute Gasteiger partial charge is 0.382 e. The molecule has 0 atom stereocenters. The molecule has 0 aliphatic heterocycles. The van der Waals surface area contributed by atoms with Crippen LogP contribution >= 0.6 is 0 Å². The second kappa shape index (κ2) is 6.54. The molecule has 4 nitrogen and oxygen atoms in total. The number of nitrogens with zero attached hydrogens (tertiary/aromatic N) is 3. The molecule has 4 heteroatoms. The van der Waals surface area contributed by atoms with E-state index in [1.807, 2.05) is 12.3 Å². The lowest BCUT2D eigenvalue weighted by molar-refractivity contribution is 0.445. The lowest BCUT2D eigenvalue weighted by Gasteiger charge is -2.27. The number of benzene rings is 2. The third-order valence-electron chi connectivity index (χ3n) is 5.41. The molecule has 0 spiro atoms. The molecule has 0 radical (unpaired) electrons. The van der Waals surface area contributed by atoms with Crippen molar-refractivity contribution < 1.29 is 0 Å². The molecular weight excluding hydrogens is 332 g/mol. The Morgan fingerprint density at radius 2 is 1.74 bits per heavy atom. The summed E-state index contributed by atoms with van der Waals surface area (Å²) in [6, 6.07) is 19.7. The van der Waals surface area contributed by atoms with E-state index in [1.165, 1.54) is 24.9 Å². The average Bonchev–Trinajstić information content (AvgIpc) is 3.05. The quantitative estimate of drug-likeness (QED) is 0.538. The van der Waals surface area contributed by atoms with Crippen molar-refractivity contribution in [2.75, 3.05) is 5.32 Å². The second-order valence-electron chi connectivity index (χ2n) is 7.29. The zero-order valence-corrected chi connectivity index (χ0v) is 15.4. The van der Waals surface area contributed by atoms with Gasteiger partial charge in [0.15, 0.2) is 0 Å². The highest BCUT2D eigenvalue weighted by Gasteiger charge is 2.17. The number of anilines is 1. The Morgan fingerprint density at radius 1 is 0.963 bits per heavy atom. The van der Waals surface area contributed by atoms with Gasteiger partial charge in [-0.1, -0.05) is 42.5 Å². The molecule has 0 amide bonds. The normalized spacial score (nSPS) is 14.3. The standard InChI is InChI=1S/C23H22N4/c1-16-14-24-23-26-22(21(15-27(16)23)17-6-3-2-4-7-17)18-10-12-20(13-11-18)25-19-8-5-9-19/h2-4,6-7,10-15,19,25H,5,8-9H2,1H3. The maximum absolute atomic E-state index is 4.89. The van der Waals surface area contributed by atoms with Crippen LogP contribution in [0.15, 0.2) is 67.0 Å². The Bertz CT molecular complexity index is 1080. The van der Waals surface area contributed by atoms with Gasteiger partial charge in [-0.15, -0.1) is 0 Å². The van der Waals surface area contributed by atoms with E-state index in [2.05, 4.69) is 76.4 Å². The van der Waals surface area contributed by atoms with Gasteiger partial charge in [0.2, 0.25) is 5.78 Å². The number of hydrogen-bond donors (Lipinski definition) is 1. The van der Waals surface area contributed by atoms with Gasteiger partial charge >= 0.3 is 0 Å². The van der Waals surface area contributed by atoms with Crippen molar-refractivity contribution in [1.82, 2.24) is 14.4 Å². The number of imidazole rings is 1. The molecule has 4 aromatic rings. The zero-order valence-electron chi connectivity index (χ0n) is 15.4. The topological polar surface area (TPSA) is 42.2 Å². The summed E-state index contributed by atoms with van der Waals surface area (Å²) in [5.41, 5.74) is 6.62. The first-order valence-electron chi connectivity index (χ1n) is 9.55. The summed E-state index contributed by atoms with van der Waals surface area (Å²) in [7, 11) is 0. The number of hydrogen-bond acceptors (Lipinski definition) is 3. The molecular formula is C23H22N4. The molecule has 2 aromatic heterocycles. The minimum Gasteiger partial charge on any atom is -0.382 e. The summed E-state index contributed by atoms with van der Waals surface area (Å²) >= 11 is 0. The van der Waals surface area contributed by atoms with Gasteiger partial charge in [-0.25, -0.2) is 9.97 Å². The predicted octanol–water partition coefficient (Wildman–Crippen LogP) is 5.34. The van der Waals surface area contributed by atoms with Crippen LogP contribution in [-0.4, -0.2) is 20.4 Å². The zero-order chi connectivity index (χ0) is 18.2. The highest BCUT2D eigenvalue weighted by molar-refractivity contribution is 5.81. The summed E-state index contributed by atoms with van der Waals surface area (Å²) in [6.07, 6.45) is 7.90. The molecule has 1 saturated carbocycles. The summed E-state index contributed by atoms with van der Waals surface area (Å²) in [4.78, 5) is 9.35. The van der Waals surface area contributed by atoms with Gasteiger partial charge in [0, 0.05) is 34.7 Å². The van der Waals surface area contributed by atoms with Crippen LogP contribution < -0.4 is 5.32 Å². The Kier molecular flexibility index (Phi) is 3.89. The van der Waals surface area contributed by atoms with Crippen LogP contribution in [0.1, 0.15) is 25.0 Å². The molecule has 27 heavy (non-hydrogen) atoms. The molecule has 2 aromatic carbocycles. The van der Waals surface area contributed by atoms with Crippen LogP contribution in [0.25, 0.3) is 28.2 Å². The van der Waals surface area contributed by atoms with Gasteiger partial charge in [-0.3, -0.25) is 4.40 Å². The molecule has 5 rings (SSSR count). The van der Waals surface area contributed by atoms with Gasteiger partial charge in [0.25, 0.3) is 0 Å². The van der Waals surface area contributed by atoms with Crippen LogP contribution in [0.3, 0.4) is 0 Å². The third-order valence-corrected chi connectivity index (χ3v) is 5.41. The van der Waals surface area contributed by atoms with Crippen molar-refractivity contribution in [2.45, 2.75) is 32.2 Å². The van der Waals surface area contributed by atoms with E-state index in [0.717, 1.165) is 33.9 Å². The second-order valence-corrected chi connectivity index (χ2v) is 7.29. The van der Waals surface area contributed by atoms with Gasteiger partial charge in [0.1, 0.15) is 0 Å². The van der Waals surface area contributed by atoms with E-state index in [4.69, 9.17) is 4.98 Å². The fraction of sp³-hybridized carbons (Fsp3) is 0.217. The van der Waals surface area contributed by atoms with Crippen molar-refractivity contribution in [1.29, 1.82) is 0 Å². The molecule has 0 saturated heterocycles. The Morgan fingerprint density at radius 3 is 2.44 bits per heavy atom. The van der Waals surface area contributed by atoms with E-state index in [1.54, 1.807) is 0 Å². The minimum absolute atomic E-state index is 0.637. The number of fused-ring (bicyclic) bond motifs is 1. The summed E-state index contributed by atoms with van der Waals surface area (Å²) in [5.74, 6) is 0.735. The van der Waals surface area contributed by atoms with E-state index in [0.29, 0.717) is 6.04 Å². The first kappa shape index (κ1) is 16.1. The minimum atomic E-state index is 0.637. The van der Waals surface area contributed by atoms with Crippen molar-refractivity contribution in [3.63, 3.8) is 0 Å². The van der Waals surface area contributed by atoms with Gasteiger partial charge in [-0.2, -0.15) is 0 Å². The Balaban J connectivity index is 1.60. The Hall–Kier alpha value is -3.14. The summed E-state index contributed by atoms with van der Waals surface area (Å²) in [6.45, 7) is 2.05. The maximum atomic E-state index is 4.89. The predicted molar refractivity (Wildman–Crippen MR) is 110 cm³/mol. The number of aryl methyl sites for hydroxylation is 1. The monoisotopic (exact) mass is 354 g/mol. The van der Waals surface area contributed by atoms with Crippen LogP contribution in [0, 0.1) is 6.92 Å². The molecule has 1 aliphatic rings. The fourth-order valence-electron chi connectivity index (χ4n) is 3.59. The lowest BCUT2D eigenvalue weighted by Crippen LogP contribution is -2.26. The van der Waals surface area contributed by atoms with E-state index < -0.39 is 0 Å². The Labute approximate surface area is 158 Å². The van der Waals surface area contributed by atoms with Crippen molar-refractivity contribution in [3.05, 3.63) is 72.7 Å². The van der Waals surface area contributed by atoms with Crippen molar-refractivity contribution >= 4 is 11.5 Å². The van der Waals surface area contributed by atoms with Crippen molar-refractivity contribution in [3.8, 4) is 22.4 Å². The van der Waals surface area contributed by atoms with Crippen LogP contribution in [-0.2, 0) is 0 Å². The molecule has 2 heterocycles. The van der Waals surface area contributed by atoms with Crippen molar-refractivity contribution in [2.24, 2.45) is 0 Å². The highest BCUT2D eigenvalue weighted by atomic mass is 15.1.